The van der Waals surface area contributed by atoms with Crippen LogP contribution in [-0.4, -0.2) is 11.0 Å². The van der Waals surface area contributed by atoms with Crippen LogP contribution in [0.15, 0.2) is 30.3 Å². The summed E-state index contributed by atoms with van der Waals surface area (Å²) in [5, 5.41) is 12.9. The van der Waals surface area contributed by atoms with Crippen LogP contribution in [0.4, 0.5) is 5.69 Å². The fourth-order valence-corrected chi connectivity index (χ4v) is 2.92. The van der Waals surface area contributed by atoms with E-state index in [0.29, 0.717) is 12.2 Å². The van der Waals surface area contributed by atoms with Crippen LogP contribution in [0.25, 0.3) is 0 Å². The molecule has 0 unspecified atom stereocenters. The number of carbonyl (C=O) groups is 1. The molecule has 4 nitrogen and oxygen atoms in total. The number of benzene rings is 2. The van der Waals surface area contributed by atoms with Crippen molar-refractivity contribution in [3.8, 4) is 17.2 Å². The predicted octanol–water partition coefficient (Wildman–Crippen LogP) is 6.05. The molecular weight excluding hydrogens is 326 g/mol. The molecule has 0 atom stereocenters. The maximum Gasteiger partial charge on any atom is 0.224 e. The summed E-state index contributed by atoms with van der Waals surface area (Å²) >= 11 is 0. The number of hydrogen-bond donors (Lipinski definition) is 2. The zero-order valence-electron chi connectivity index (χ0n) is 16.3. The summed E-state index contributed by atoms with van der Waals surface area (Å²) in [6.45, 7) is 10.1. The lowest BCUT2D eigenvalue weighted by molar-refractivity contribution is -0.116. The number of carbonyl (C=O) groups excluding carboxylic acids is 1. The zero-order chi connectivity index (χ0) is 19.3. The van der Waals surface area contributed by atoms with Gasteiger partial charge < -0.3 is 15.2 Å². The summed E-state index contributed by atoms with van der Waals surface area (Å²) in [5.74, 6) is 2.00. The Morgan fingerprint density at radius 1 is 1.15 bits per heavy atom. The van der Waals surface area contributed by atoms with E-state index < -0.39 is 0 Å². The third-order valence-electron chi connectivity index (χ3n) is 4.34. The fraction of sp³-hybridized carbons (Fsp3) is 0.409. The van der Waals surface area contributed by atoms with Crippen molar-refractivity contribution in [2.75, 3.05) is 5.32 Å². The first-order chi connectivity index (χ1) is 12.3. The highest BCUT2D eigenvalue weighted by Crippen LogP contribution is 2.35. The van der Waals surface area contributed by atoms with Gasteiger partial charge in [0.2, 0.25) is 5.91 Å². The van der Waals surface area contributed by atoms with Crippen LogP contribution in [-0.2, 0) is 4.79 Å². The van der Waals surface area contributed by atoms with Gasteiger partial charge in [0.25, 0.3) is 0 Å². The first kappa shape index (κ1) is 19.8. The minimum atomic E-state index is 0.0411. The van der Waals surface area contributed by atoms with E-state index in [1.165, 1.54) is 0 Å². The molecule has 0 aromatic heterocycles. The third kappa shape index (κ3) is 5.01. The lowest BCUT2D eigenvalue weighted by atomic mass is 10.0. The Hall–Kier alpha value is -2.49. The highest BCUT2D eigenvalue weighted by atomic mass is 16.5. The summed E-state index contributed by atoms with van der Waals surface area (Å²) < 4.78 is 6.09. The quantitative estimate of drug-likeness (QED) is 0.635. The molecule has 0 fully saturated rings. The predicted molar refractivity (Wildman–Crippen MR) is 106 cm³/mol. The SMILES string of the molecule is CCCCC(=O)Nc1cc(C)c(Oc2ccc(O)c(C(C)C)c2)c(C)c1. The minimum Gasteiger partial charge on any atom is -0.508 e. The first-order valence-corrected chi connectivity index (χ1v) is 9.23. The maximum absolute atomic E-state index is 11.9. The number of ether oxygens (including phenoxy) is 1. The monoisotopic (exact) mass is 355 g/mol. The highest BCUT2D eigenvalue weighted by molar-refractivity contribution is 5.91. The van der Waals surface area contributed by atoms with Crippen molar-refractivity contribution >= 4 is 11.6 Å². The van der Waals surface area contributed by atoms with E-state index in [9.17, 15) is 9.90 Å². The summed E-state index contributed by atoms with van der Waals surface area (Å²) in [6, 6.07) is 9.16. The van der Waals surface area contributed by atoms with Crippen LogP contribution in [0.3, 0.4) is 0 Å². The number of rotatable bonds is 7. The van der Waals surface area contributed by atoms with Gasteiger partial charge in [-0.25, -0.2) is 0 Å². The van der Waals surface area contributed by atoms with Gasteiger partial charge in [-0.3, -0.25) is 4.79 Å². The molecule has 0 heterocycles. The molecule has 0 aliphatic carbocycles. The van der Waals surface area contributed by atoms with E-state index in [-0.39, 0.29) is 17.6 Å². The smallest absolute Gasteiger partial charge is 0.224 e. The summed E-state index contributed by atoms with van der Waals surface area (Å²) in [5.41, 5.74) is 3.56. The van der Waals surface area contributed by atoms with Gasteiger partial charge in [-0.1, -0.05) is 27.2 Å². The van der Waals surface area contributed by atoms with Crippen LogP contribution in [0.5, 0.6) is 17.2 Å². The Balaban J connectivity index is 2.21. The van der Waals surface area contributed by atoms with E-state index in [4.69, 9.17) is 4.74 Å². The molecule has 0 aliphatic heterocycles. The molecule has 0 spiro atoms. The number of anilines is 1. The van der Waals surface area contributed by atoms with E-state index in [0.717, 1.165) is 41.0 Å². The van der Waals surface area contributed by atoms with E-state index >= 15 is 0 Å². The number of unbranched alkanes of at least 4 members (excludes halogenated alkanes) is 1. The van der Waals surface area contributed by atoms with Crippen LogP contribution in [0.1, 0.15) is 62.6 Å². The molecule has 2 aromatic rings. The van der Waals surface area contributed by atoms with Crippen molar-refractivity contribution in [3.05, 3.63) is 47.0 Å². The molecule has 4 heteroatoms. The van der Waals surface area contributed by atoms with Crippen LogP contribution < -0.4 is 10.1 Å². The number of phenols is 1. The Kier molecular flexibility index (Phi) is 6.67. The molecule has 1 amide bonds. The maximum atomic E-state index is 11.9. The minimum absolute atomic E-state index is 0.0411. The van der Waals surface area contributed by atoms with Gasteiger partial charge in [-0.05, 0) is 67.6 Å². The summed E-state index contributed by atoms with van der Waals surface area (Å²) in [4.78, 5) is 11.9. The second-order valence-corrected chi connectivity index (χ2v) is 7.07. The second kappa shape index (κ2) is 8.75. The number of amides is 1. The molecule has 140 valence electrons. The van der Waals surface area contributed by atoms with E-state index in [2.05, 4.69) is 12.2 Å². The van der Waals surface area contributed by atoms with Crippen molar-refractivity contribution < 1.29 is 14.6 Å². The van der Waals surface area contributed by atoms with Crippen molar-refractivity contribution in [1.29, 1.82) is 0 Å². The summed E-state index contributed by atoms with van der Waals surface area (Å²) in [7, 11) is 0. The average molecular weight is 355 g/mol. The van der Waals surface area contributed by atoms with Crippen molar-refractivity contribution in [2.24, 2.45) is 0 Å². The Morgan fingerprint density at radius 2 is 1.81 bits per heavy atom. The molecule has 26 heavy (non-hydrogen) atoms. The molecule has 0 radical (unpaired) electrons. The number of phenolic OH excluding ortho intramolecular Hbond substituents is 1. The van der Waals surface area contributed by atoms with E-state index in [1.807, 2.05) is 45.9 Å². The molecule has 0 aliphatic rings. The number of aryl methyl sites for hydroxylation is 2. The lowest BCUT2D eigenvalue weighted by Crippen LogP contribution is -2.11. The van der Waals surface area contributed by atoms with Gasteiger partial charge in [-0.15, -0.1) is 0 Å². The van der Waals surface area contributed by atoms with Crippen molar-refractivity contribution in [2.45, 2.75) is 59.8 Å². The Labute approximate surface area is 156 Å². The Morgan fingerprint density at radius 3 is 2.38 bits per heavy atom. The van der Waals surface area contributed by atoms with Gasteiger partial charge in [-0.2, -0.15) is 0 Å². The van der Waals surface area contributed by atoms with Crippen LogP contribution in [0.2, 0.25) is 0 Å². The first-order valence-electron chi connectivity index (χ1n) is 9.23. The van der Waals surface area contributed by atoms with Crippen LogP contribution >= 0.6 is 0 Å². The fourth-order valence-electron chi connectivity index (χ4n) is 2.92. The molecule has 2 N–H and O–H groups in total. The highest BCUT2D eigenvalue weighted by Gasteiger charge is 2.12. The van der Waals surface area contributed by atoms with E-state index in [1.54, 1.807) is 12.1 Å². The molecule has 0 saturated heterocycles. The van der Waals surface area contributed by atoms with Crippen LogP contribution in [0, 0.1) is 13.8 Å². The largest absolute Gasteiger partial charge is 0.508 e. The molecule has 0 bridgehead atoms. The van der Waals surface area contributed by atoms with Gasteiger partial charge in [0.15, 0.2) is 0 Å². The Bertz CT molecular complexity index is 758. The number of aromatic hydroxyl groups is 1. The number of nitrogens with one attached hydrogen (secondary N) is 1. The molecule has 2 rings (SSSR count). The second-order valence-electron chi connectivity index (χ2n) is 7.07. The van der Waals surface area contributed by atoms with Gasteiger partial charge in [0.1, 0.15) is 17.2 Å². The summed E-state index contributed by atoms with van der Waals surface area (Å²) in [6.07, 6.45) is 2.44. The average Bonchev–Trinajstić information content (AvgIpc) is 2.57. The van der Waals surface area contributed by atoms with Gasteiger partial charge in [0.05, 0.1) is 0 Å². The topological polar surface area (TPSA) is 58.6 Å². The van der Waals surface area contributed by atoms with Gasteiger partial charge in [0, 0.05) is 17.7 Å². The number of hydrogen-bond acceptors (Lipinski definition) is 3. The normalized spacial score (nSPS) is 10.8. The van der Waals surface area contributed by atoms with Crippen molar-refractivity contribution in [1.82, 2.24) is 0 Å². The van der Waals surface area contributed by atoms with Crippen molar-refractivity contribution in [3.63, 3.8) is 0 Å². The molecule has 2 aromatic carbocycles. The lowest BCUT2D eigenvalue weighted by Gasteiger charge is -2.16. The molecule has 0 saturated carbocycles. The van der Waals surface area contributed by atoms with Gasteiger partial charge >= 0.3 is 0 Å². The zero-order valence-corrected chi connectivity index (χ0v) is 16.3. The third-order valence-corrected chi connectivity index (χ3v) is 4.34. The molecular formula is C22H29NO3. The standard InChI is InChI=1S/C22H29NO3/c1-6-7-8-21(25)23-17-11-15(4)22(16(5)12-17)26-18-9-10-20(24)19(13-18)14(2)3/h9-14,24H,6-8H2,1-5H3,(H,23,25).